The van der Waals surface area contributed by atoms with Crippen molar-refractivity contribution in [3.05, 3.63) is 66.5 Å². The van der Waals surface area contributed by atoms with Crippen molar-refractivity contribution in [2.24, 2.45) is 0 Å². The van der Waals surface area contributed by atoms with Crippen LogP contribution in [0.15, 0.2) is 60.9 Å². The zero-order chi connectivity index (χ0) is 22.4. The van der Waals surface area contributed by atoms with Crippen molar-refractivity contribution >= 4 is 5.69 Å². The van der Waals surface area contributed by atoms with Gasteiger partial charge in [0, 0.05) is 30.1 Å². The van der Waals surface area contributed by atoms with E-state index in [1.165, 1.54) is 44.1 Å². The molecule has 0 spiro atoms. The predicted octanol–water partition coefficient (Wildman–Crippen LogP) is 6.48. The first-order valence-electron chi connectivity index (χ1n) is 11.8. The lowest BCUT2D eigenvalue weighted by Crippen LogP contribution is -2.05. The van der Waals surface area contributed by atoms with Crippen LogP contribution in [0.3, 0.4) is 0 Å². The lowest BCUT2D eigenvalue weighted by Gasteiger charge is -2.09. The number of nitrogens with two attached hydrogens (primary N) is 1. The Morgan fingerprint density at radius 1 is 0.688 bits per heavy atom. The van der Waals surface area contributed by atoms with Crippen LogP contribution in [-0.4, -0.2) is 23.2 Å². The summed E-state index contributed by atoms with van der Waals surface area (Å²) < 4.78 is 11.5. The summed E-state index contributed by atoms with van der Waals surface area (Å²) in [7, 11) is 0. The van der Waals surface area contributed by atoms with Gasteiger partial charge in [-0.1, -0.05) is 39.0 Å². The number of nitrogen functional groups attached to an aromatic ring is 1. The number of anilines is 1. The van der Waals surface area contributed by atoms with Gasteiger partial charge in [-0.3, -0.25) is 0 Å². The molecule has 0 saturated heterocycles. The molecule has 0 saturated carbocycles. The van der Waals surface area contributed by atoms with Crippen molar-refractivity contribution in [3.8, 4) is 22.9 Å². The number of nitrogens with zero attached hydrogens (tertiary/aromatic N) is 2. The van der Waals surface area contributed by atoms with E-state index in [0.717, 1.165) is 41.4 Å². The second-order valence-electron chi connectivity index (χ2n) is 8.08. The van der Waals surface area contributed by atoms with Crippen molar-refractivity contribution in [2.45, 2.75) is 58.3 Å². The Morgan fingerprint density at radius 2 is 1.25 bits per heavy atom. The van der Waals surface area contributed by atoms with E-state index in [1.807, 2.05) is 60.9 Å². The molecular weight excluding hydrogens is 398 g/mol. The Hall–Kier alpha value is -3.08. The van der Waals surface area contributed by atoms with Gasteiger partial charge < -0.3 is 15.2 Å². The normalized spacial score (nSPS) is 10.8. The number of hydrogen-bond acceptors (Lipinski definition) is 5. The average molecular weight is 434 g/mol. The van der Waals surface area contributed by atoms with Crippen LogP contribution in [0.1, 0.15) is 57.4 Å². The Labute approximate surface area is 192 Å². The van der Waals surface area contributed by atoms with Gasteiger partial charge in [0.05, 0.1) is 13.2 Å². The average Bonchev–Trinajstić information content (AvgIpc) is 2.83. The SMILES string of the molecule is CCCCCCCCc1cnc(-c2ccc(OCCCOc3ccc(N)cc3)cc2)nc1. The molecule has 0 atom stereocenters. The van der Waals surface area contributed by atoms with Gasteiger partial charge in [-0.2, -0.15) is 0 Å². The molecule has 0 amide bonds. The molecule has 5 heteroatoms. The maximum absolute atomic E-state index is 5.81. The molecule has 3 rings (SSSR count). The third-order valence-electron chi connectivity index (χ3n) is 5.34. The molecule has 0 aliphatic heterocycles. The van der Waals surface area contributed by atoms with Gasteiger partial charge in [-0.05, 0) is 66.9 Å². The minimum Gasteiger partial charge on any atom is -0.493 e. The molecular formula is C27H35N3O2. The first-order chi connectivity index (χ1) is 15.7. The van der Waals surface area contributed by atoms with E-state index in [-0.39, 0.29) is 0 Å². The van der Waals surface area contributed by atoms with E-state index in [0.29, 0.717) is 13.2 Å². The second-order valence-corrected chi connectivity index (χ2v) is 8.08. The molecule has 0 aliphatic rings. The van der Waals surface area contributed by atoms with Gasteiger partial charge in [0.2, 0.25) is 0 Å². The van der Waals surface area contributed by atoms with Crippen LogP contribution >= 0.6 is 0 Å². The van der Waals surface area contributed by atoms with Gasteiger partial charge >= 0.3 is 0 Å². The smallest absolute Gasteiger partial charge is 0.159 e. The van der Waals surface area contributed by atoms with Crippen molar-refractivity contribution in [1.29, 1.82) is 0 Å². The van der Waals surface area contributed by atoms with Crippen molar-refractivity contribution in [2.75, 3.05) is 18.9 Å². The van der Waals surface area contributed by atoms with E-state index in [2.05, 4.69) is 16.9 Å². The molecule has 32 heavy (non-hydrogen) atoms. The van der Waals surface area contributed by atoms with Crippen molar-refractivity contribution in [3.63, 3.8) is 0 Å². The molecule has 1 heterocycles. The Bertz CT molecular complexity index is 894. The Kier molecular flexibility index (Phi) is 9.84. The zero-order valence-electron chi connectivity index (χ0n) is 19.1. The van der Waals surface area contributed by atoms with Crippen molar-refractivity contribution < 1.29 is 9.47 Å². The molecule has 0 radical (unpaired) electrons. The highest BCUT2D eigenvalue weighted by atomic mass is 16.5. The molecule has 5 nitrogen and oxygen atoms in total. The van der Waals surface area contributed by atoms with Gasteiger partial charge in [-0.25, -0.2) is 9.97 Å². The summed E-state index contributed by atoms with van der Waals surface area (Å²) >= 11 is 0. The summed E-state index contributed by atoms with van der Waals surface area (Å²) in [4.78, 5) is 9.10. The Morgan fingerprint density at radius 3 is 1.88 bits per heavy atom. The van der Waals surface area contributed by atoms with Crippen LogP contribution < -0.4 is 15.2 Å². The fraction of sp³-hybridized carbons (Fsp3) is 0.407. The summed E-state index contributed by atoms with van der Waals surface area (Å²) in [5, 5.41) is 0. The first kappa shape index (κ1) is 23.6. The predicted molar refractivity (Wildman–Crippen MR) is 131 cm³/mol. The number of hydrogen-bond donors (Lipinski definition) is 1. The van der Waals surface area contributed by atoms with Crippen LogP contribution in [0.5, 0.6) is 11.5 Å². The molecule has 2 N–H and O–H groups in total. The van der Waals surface area contributed by atoms with Gasteiger partial charge in [-0.15, -0.1) is 0 Å². The van der Waals surface area contributed by atoms with E-state index >= 15 is 0 Å². The van der Waals surface area contributed by atoms with Crippen LogP contribution in [0, 0.1) is 0 Å². The van der Waals surface area contributed by atoms with Gasteiger partial charge in [0.1, 0.15) is 11.5 Å². The molecule has 0 aliphatic carbocycles. The van der Waals surface area contributed by atoms with Crippen LogP contribution in [0.25, 0.3) is 11.4 Å². The maximum Gasteiger partial charge on any atom is 0.159 e. The first-order valence-corrected chi connectivity index (χ1v) is 11.8. The monoisotopic (exact) mass is 433 g/mol. The van der Waals surface area contributed by atoms with E-state index in [9.17, 15) is 0 Å². The second kappa shape index (κ2) is 13.4. The molecule has 170 valence electrons. The highest BCUT2D eigenvalue weighted by molar-refractivity contribution is 5.55. The third kappa shape index (κ3) is 8.22. The zero-order valence-corrected chi connectivity index (χ0v) is 19.1. The van der Waals surface area contributed by atoms with E-state index in [1.54, 1.807) is 0 Å². The molecule has 3 aromatic rings. The van der Waals surface area contributed by atoms with E-state index < -0.39 is 0 Å². The van der Waals surface area contributed by atoms with Crippen LogP contribution in [0.2, 0.25) is 0 Å². The van der Waals surface area contributed by atoms with E-state index in [4.69, 9.17) is 15.2 Å². The lowest BCUT2D eigenvalue weighted by molar-refractivity contribution is 0.247. The topological polar surface area (TPSA) is 70.3 Å². The number of benzene rings is 2. The quantitative estimate of drug-likeness (QED) is 0.233. The lowest BCUT2D eigenvalue weighted by atomic mass is 10.1. The number of rotatable bonds is 14. The third-order valence-corrected chi connectivity index (χ3v) is 5.34. The molecule has 0 fully saturated rings. The highest BCUT2D eigenvalue weighted by Gasteiger charge is 2.03. The molecule has 0 bridgehead atoms. The fourth-order valence-corrected chi connectivity index (χ4v) is 3.45. The summed E-state index contributed by atoms with van der Waals surface area (Å²) in [5.41, 5.74) is 8.62. The molecule has 2 aromatic carbocycles. The highest BCUT2D eigenvalue weighted by Crippen LogP contribution is 2.20. The van der Waals surface area contributed by atoms with Crippen LogP contribution in [0.4, 0.5) is 5.69 Å². The van der Waals surface area contributed by atoms with Gasteiger partial charge in [0.25, 0.3) is 0 Å². The summed E-state index contributed by atoms with van der Waals surface area (Å²) in [6.45, 7) is 3.44. The van der Waals surface area contributed by atoms with Crippen molar-refractivity contribution in [1.82, 2.24) is 9.97 Å². The number of ether oxygens (including phenoxy) is 2. The molecule has 1 aromatic heterocycles. The number of aromatic nitrogens is 2. The fourth-order valence-electron chi connectivity index (χ4n) is 3.45. The summed E-state index contributed by atoms with van der Waals surface area (Å²) in [6.07, 6.45) is 13.6. The molecule has 0 unspecified atom stereocenters. The minimum atomic E-state index is 0.595. The Balaban J connectivity index is 1.35. The van der Waals surface area contributed by atoms with Gasteiger partial charge in [0.15, 0.2) is 5.82 Å². The largest absolute Gasteiger partial charge is 0.493 e. The number of unbranched alkanes of at least 4 members (excludes halogenated alkanes) is 5. The maximum atomic E-state index is 5.81. The van der Waals surface area contributed by atoms with Crippen LogP contribution in [-0.2, 0) is 6.42 Å². The minimum absolute atomic E-state index is 0.595. The summed E-state index contributed by atoms with van der Waals surface area (Å²) in [5.74, 6) is 2.41. The summed E-state index contributed by atoms with van der Waals surface area (Å²) in [6, 6.07) is 15.3. The number of aryl methyl sites for hydroxylation is 1. The standard InChI is InChI=1S/C27H35N3O2/c1-2-3-4-5-6-7-9-22-20-29-27(30-21-22)23-10-14-25(15-11-23)31-18-8-19-32-26-16-12-24(28)13-17-26/h10-17,20-21H,2-9,18-19,28H2,1H3.